The van der Waals surface area contributed by atoms with Crippen LogP contribution in [-0.4, -0.2) is 39.1 Å². The third kappa shape index (κ3) is 8.33. The Bertz CT molecular complexity index is 924. The predicted octanol–water partition coefficient (Wildman–Crippen LogP) is 3.80. The quantitative estimate of drug-likeness (QED) is 0.314. The van der Waals surface area contributed by atoms with Crippen molar-refractivity contribution in [3.63, 3.8) is 0 Å². The summed E-state index contributed by atoms with van der Waals surface area (Å²) < 4.78 is 10.5. The molecule has 0 aliphatic heterocycles. The van der Waals surface area contributed by atoms with E-state index < -0.39 is 5.97 Å². The Morgan fingerprint density at radius 3 is 2.03 bits per heavy atom. The van der Waals surface area contributed by atoms with Gasteiger partial charge in [-0.3, -0.25) is 4.84 Å². The lowest BCUT2D eigenvalue weighted by Gasteiger charge is -2.05. The lowest BCUT2D eigenvalue weighted by Crippen LogP contribution is -2.25. The number of carbonyl (C=O) groups excluding carboxylic acids is 1. The SMILES string of the molecule is COc1ccccc1/C=C/CON=C(C)C(=O)ONOC/C=C/c1ccccc1OC. The first-order valence-corrected chi connectivity index (χ1v) is 9.49. The molecule has 0 atom stereocenters. The van der Waals surface area contributed by atoms with Crippen molar-refractivity contribution in [1.82, 2.24) is 5.64 Å². The number of carbonyl (C=O) groups is 1. The molecule has 2 aromatic carbocycles. The Balaban J connectivity index is 1.65. The number of para-hydroxylation sites is 2. The normalized spacial score (nSPS) is 11.6. The highest BCUT2D eigenvalue weighted by Gasteiger charge is 2.08. The standard InChI is InChI=1S/C23H26N2O6/c1-18(24-29-16-8-12-19-10-4-6-14-21(19)27-2)23(26)31-25-30-17-9-13-20-11-5-7-15-22(20)28-3/h4-15,25H,16-17H2,1-3H3/b12-8+,13-9+,24-18?. The van der Waals surface area contributed by atoms with Crippen LogP contribution >= 0.6 is 0 Å². The van der Waals surface area contributed by atoms with Crippen LogP contribution in [-0.2, 0) is 19.3 Å². The molecule has 0 bridgehead atoms. The summed E-state index contributed by atoms with van der Waals surface area (Å²) in [6, 6.07) is 15.1. The molecule has 1 N–H and O–H groups in total. The van der Waals surface area contributed by atoms with Crippen molar-refractivity contribution >= 4 is 23.8 Å². The summed E-state index contributed by atoms with van der Waals surface area (Å²) >= 11 is 0. The number of nitrogens with zero attached hydrogens (tertiary/aromatic N) is 1. The second-order valence-corrected chi connectivity index (χ2v) is 6.04. The molecule has 2 aromatic rings. The van der Waals surface area contributed by atoms with Crippen LogP contribution in [0.1, 0.15) is 18.1 Å². The maximum Gasteiger partial charge on any atom is 0.376 e. The third-order valence-electron chi connectivity index (χ3n) is 3.91. The summed E-state index contributed by atoms with van der Waals surface area (Å²) in [5.41, 5.74) is 3.97. The summed E-state index contributed by atoms with van der Waals surface area (Å²) in [6.07, 6.45) is 7.18. The first kappa shape index (κ1) is 23.7. The lowest BCUT2D eigenvalue weighted by atomic mass is 10.2. The van der Waals surface area contributed by atoms with Crippen molar-refractivity contribution in [2.45, 2.75) is 6.92 Å². The van der Waals surface area contributed by atoms with Crippen molar-refractivity contribution in [3.05, 3.63) is 71.8 Å². The molecule has 0 fully saturated rings. The Morgan fingerprint density at radius 1 is 0.903 bits per heavy atom. The molecule has 164 valence electrons. The minimum atomic E-state index is -0.720. The largest absolute Gasteiger partial charge is 0.496 e. The second kappa shape index (κ2) is 13.6. The number of benzene rings is 2. The van der Waals surface area contributed by atoms with Crippen molar-refractivity contribution in [2.24, 2.45) is 5.16 Å². The maximum absolute atomic E-state index is 11.8. The number of ether oxygens (including phenoxy) is 2. The summed E-state index contributed by atoms with van der Waals surface area (Å²) in [5.74, 6) is 0.788. The highest BCUT2D eigenvalue weighted by atomic mass is 16.9. The monoisotopic (exact) mass is 426 g/mol. The van der Waals surface area contributed by atoms with E-state index in [4.69, 9.17) is 24.0 Å². The first-order valence-electron chi connectivity index (χ1n) is 9.49. The molecule has 0 unspecified atom stereocenters. The van der Waals surface area contributed by atoms with Crippen LogP contribution in [0.3, 0.4) is 0 Å². The number of methoxy groups -OCH3 is 2. The number of nitrogens with one attached hydrogen (secondary N) is 1. The van der Waals surface area contributed by atoms with E-state index >= 15 is 0 Å². The van der Waals surface area contributed by atoms with Crippen LogP contribution in [0, 0.1) is 0 Å². The highest BCUT2D eigenvalue weighted by Crippen LogP contribution is 2.19. The molecule has 8 nitrogen and oxygen atoms in total. The van der Waals surface area contributed by atoms with Gasteiger partial charge in [0.25, 0.3) is 0 Å². The molecule has 31 heavy (non-hydrogen) atoms. The van der Waals surface area contributed by atoms with E-state index in [1.54, 1.807) is 26.4 Å². The molecule has 8 heteroatoms. The highest BCUT2D eigenvalue weighted by molar-refractivity contribution is 6.35. The van der Waals surface area contributed by atoms with Crippen LogP contribution < -0.4 is 15.1 Å². The van der Waals surface area contributed by atoms with Gasteiger partial charge in [0.05, 0.1) is 20.8 Å². The topological polar surface area (TPSA) is 87.6 Å². The molecule has 0 spiro atoms. The van der Waals surface area contributed by atoms with Crippen LogP contribution in [0.25, 0.3) is 12.2 Å². The molecule has 0 saturated carbocycles. The van der Waals surface area contributed by atoms with E-state index in [0.717, 1.165) is 22.6 Å². The summed E-state index contributed by atoms with van der Waals surface area (Å²) in [7, 11) is 3.21. The van der Waals surface area contributed by atoms with Crippen molar-refractivity contribution in [2.75, 3.05) is 27.4 Å². The zero-order valence-electron chi connectivity index (χ0n) is 17.7. The maximum atomic E-state index is 11.8. The fourth-order valence-corrected chi connectivity index (χ4v) is 2.40. The number of rotatable bonds is 12. The molecule has 0 aromatic heterocycles. The fraction of sp³-hybridized carbons (Fsp3) is 0.217. The van der Waals surface area contributed by atoms with Gasteiger partial charge in [-0.05, 0) is 30.8 Å². The van der Waals surface area contributed by atoms with Crippen LogP contribution in [0.15, 0.2) is 65.8 Å². The van der Waals surface area contributed by atoms with Gasteiger partial charge < -0.3 is 19.1 Å². The minimum absolute atomic E-state index is 0.0337. The third-order valence-corrected chi connectivity index (χ3v) is 3.91. The van der Waals surface area contributed by atoms with Gasteiger partial charge >= 0.3 is 5.97 Å². The minimum Gasteiger partial charge on any atom is -0.496 e. The van der Waals surface area contributed by atoms with Crippen molar-refractivity contribution < 1.29 is 28.8 Å². The van der Waals surface area contributed by atoms with Gasteiger partial charge in [-0.2, -0.15) is 0 Å². The Morgan fingerprint density at radius 2 is 1.45 bits per heavy atom. The second-order valence-electron chi connectivity index (χ2n) is 6.04. The van der Waals surface area contributed by atoms with Gasteiger partial charge in [-0.15, -0.1) is 0 Å². The van der Waals surface area contributed by atoms with Gasteiger partial charge in [0.2, 0.25) is 0 Å². The average Bonchev–Trinajstić information content (AvgIpc) is 2.81. The number of oxime groups is 1. The summed E-state index contributed by atoms with van der Waals surface area (Å²) in [5, 5.41) is 3.71. The predicted molar refractivity (Wildman–Crippen MR) is 118 cm³/mol. The molecule has 0 aliphatic carbocycles. The summed E-state index contributed by atoms with van der Waals surface area (Å²) in [6.45, 7) is 1.82. The average molecular weight is 426 g/mol. The van der Waals surface area contributed by atoms with Gasteiger partial charge in [0.1, 0.15) is 18.1 Å². The zero-order valence-corrected chi connectivity index (χ0v) is 17.7. The number of hydrogen-bond donors (Lipinski definition) is 1. The smallest absolute Gasteiger partial charge is 0.376 e. The molecule has 0 saturated heterocycles. The number of hydrogen-bond acceptors (Lipinski definition) is 8. The van der Waals surface area contributed by atoms with E-state index in [2.05, 4.69) is 10.8 Å². The Kier molecular flexibility index (Phi) is 10.4. The van der Waals surface area contributed by atoms with Crippen molar-refractivity contribution in [1.29, 1.82) is 0 Å². The van der Waals surface area contributed by atoms with Crippen LogP contribution in [0.4, 0.5) is 0 Å². The molecular weight excluding hydrogens is 400 g/mol. The van der Waals surface area contributed by atoms with E-state index in [0.29, 0.717) is 0 Å². The van der Waals surface area contributed by atoms with E-state index in [-0.39, 0.29) is 18.9 Å². The summed E-state index contributed by atoms with van der Waals surface area (Å²) in [4.78, 5) is 26.7. The molecule has 0 heterocycles. The molecule has 0 aliphatic rings. The molecule has 0 radical (unpaired) electrons. The van der Waals surface area contributed by atoms with Gasteiger partial charge in [-0.1, -0.05) is 59.8 Å². The van der Waals surface area contributed by atoms with E-state index in [1.165, 1.54) is 6.92 Å². The molecule has 2 rings (SSSR count). The molecular formula is C23H26N2O6. The van der Waals surface area contributed by atoms with Crippen molar-refractivity contribution in [3.8, 4) is 11.5 Å². The van der Waals surface area contributed by atoms with Crippen LogP contribution in [0.5, 0.6) is 11.5 Å². The fourth-order valence-electron chi connectivity index (χ4n) is 2.40. The Hall–Kier alpha value is -3.62. The van der Waals surface area contributed by atoms with Crippen LogP contribution in [0.2, 0.25) is 0 Å². The van der Waals surface area contributed by atoms with E-state index in [1.807, 2.05) is 60.7 Å². The van der Waals surface area contributed by atoms with Gasteiger partial charge in [0.15, 0.2) is 5.71 Å². The zero-order chi connectivity index (χ0) is 22.3. The van der Waals surface area contributed by atoms with Gasteiger partial charge in [0, 0.05) is 11.1 Å². The molecule has 0 amide bonds. The first-order chi connectivity index (χ1) is 15.2. The Labute approximate surface area is 181 Å². The van der Waals surface area contributed by atoms with E-state index in [9.17, 15) is 4.79 Å². The lowest BCUT2D eigenvalue weighted by molar-refractivity contribution is -0.180. The van der Waals surface area contributed by atoms with Gasteiger partial charge in [-0.25, -0.2) is 4.79 Å².